The van der Waals surface area contributed by atoms with Gasteiger partial charge in [0.25, 0.3) is 11.8 Å². The van der Waals surface area contributed by atoms with Gasteiger partial charge >= 0.3 is 0 Å². The van der Waals surface area contributed by atoms with Crippen LogP contribution in [-0.4, -0.2) is 44.4 Å². The van der Waals surface area contributed by atoms with Crippen LogP contribution in [0.4, 0.5) is 0 Å². The van der Waals surface area contributed by atoms with Crippen LogP contribution >= 0.6 is 23.2 Å². The number of carbonyl (C=O) groups excluding carboxylic acids is 2. The molecule has 2 atom stereocenters. The van der Waals surface area contributed by atoms with Crippen molar-refractivity contribution in [1.29, 1.82) is 0 Å². The summed E-state index contributed by atoms with van der Waals surface area (Å²) in [7, 11) is 3.08. The van der Waals surface area contributed by atoms with Crippen LogP contribution in [0.5, 0.6) is 17.2 Å². The average molecular weight is 544 g/mol. The number of benzene rings is 3. The summed E-state index contributed by atoms with van der Waals surface area (Å²) in [5, 5.41) is 7.50. The van der Waals surface area contributed by atoms with Crippen molar-refractivity contribution >= 4 is 41.2 Å². The van der Waals surface area contributed by atoms with Gasteiger partial charge in [0.15, 0.2) is 17.6 Å². The number of amides is 2. The van der Waals surface area contributed by atoms with E-state index in [-0.39, 0.29) is 11.4 Å². The van der Waals surface area contributed by atoms with Crippen LogP contribution < -0.4 is 25.0 Å². The van der Waals surface area contributed by atoms with Crippen molar-refractivity contribution in [2.24, 2.45) is 5.10 Å². The van der Waals surface area contributed by atoms with Crippen molar-refractivity contribution in [3.8, 4) is 17.2 Å². The molecular weight excluding hydrogens is 517 g/mol. The van der Waals surface area contributed by atoms with Crippen molar-refractivity contribution in [2.75, 3.05) is 14.2 Å². The molecule has 3 aromatic rings. The molecule has 2 amide bonds. The third-order valence-corrected chi connectivity index (χ3v) is 5.81. The summed E-state index contributed by atoms with van der Waals surface area (Å²) in [6.45, 7) is 1.56. The fourth-order valence-corrected chi connectivity index (χ4v) is 3.80. The predicted molar refractivity (Wildman–Crippen MR) is 144 cm³/mol. The van der Waals surface area contributed by atoms with E-state index < -0.39 is 24.0 Å². The first-order chi connectivity index (χ1) is 17.8. The third-order valence-electron chi connectivity index (χ3n) is 5.28. The first kappa shape index (κ1) is 27.8. The smallest absolute Gasteiger partial charge is 0.262 e. The van der Waals surface area contributed by atoms with Crippen LogP contribution in [0.15, 0.2) is 71.8 Å². The zero-order valence-electron chi connectivity index (χ0n) is 20.5. The summed E-state index contributed by atoms with van der Waals surface area (Å²) < 4.78 is 16.2. The van der Waals surface area contributed by atoms with Gasteiger partial charge < -0.3 is 19.5 Å². The molecule has 0 saturated heterocycles. The number of hydrazone groups is 1. The second kappa shape index (κ2) is 13.5. The summed E-state index contributed by atoms with van der Waals surface area (Å²) in [6.07, 6.45) is 0.786. The number of nitrogens with one attached hydrogen (secondary N) is 2. The monoisotopic (exact) mass is 543 g/mol. The molecule has 0 saturated carbocycles. The molecule has 0 aliphatic carbocycles. The molecule has 3 aromatic carbocycles. The van der Waals surface area contributed by atoms with Gasteiger partial charge in [-0.05, 0) is 54.4 Å². The van der Waals surface area contributed by atoms with Gasteiger partial charge in [-0.1, -0.05) is 53.5 Å². The molecule has 3 rings (SSSR count). The molecule has 0 aromatic heterocycles. The second-order valence-corrected chi connectivity index (χ2v) is 8.78. The highest BCUT2D eigenvalue weighted by Crippen LogP contribution is 2.28. The minimum absolute atomic E-state index is 0.249. The fraction of sp³-hybridized carbons (Fsp3) is 0.222. The number of rotatable bonds is 11. The Labute approximate surface area is 225 Å². The summed E-state index contributed by atoms with van der Waals surface area (Å²) in [5.41, 5.74) is 4.04. The summed E-state index contributed by atoms with van der Waals surface area (Å²) >= 11 is 12.1. The Balaban J connectivity index is 1.70. The van der Waals surface area contributed by atoms with Gasteiger partial charge in [0, 0.05) is 11.4 Å². The van der Waals surface area contributed by atoms with Crippen LogP contribution in [0.2, 0.25) is 10.0 Å². The molecule has 0 spiro atoms. The van der Waals surface area contributed by atoms with E-state index in [1.165, 1.54) is 19.4 Å². The summed E-state index contributed by atoms with van der Waals surface area (Å²) in [6, 6.07) is 18.3. The Bertz CT molecular complexity index is 1250. The maximum absolute atomic E-state index is 13.0. The van der Waals surface area contributed by atoms with E-state index in [1.807, 2.05) is 30.3 Å². The molecule has 0 aliphatic rings. The number of carbonyl (C=O) groups is 2. The van der Waals surface area contributed by atoms with Gasteiger partial charge in [0.1, 0.15) is 11.8 Å². The van der Waals surface area contributed by atoms with E-state index in [1.54, 1.807) is 44.4 Å². The van der Waals surface area contributed by atoms with E-state index in [9.17, 15) is 9.59 Å². The molecule has 0 unspecified atom stereocenters. The van der Waals surface area contributed by atoms with Crippen LogP contribution in [-0.2, 0) is 16.0 Å². The van der Waals surface area contributed by atoms with Gasteiger partial charge in [0.05, 0.1) is 25.5 Å². The number of ether oxygens (including phenoxy) is 3. The first-order valence-electron chi connectivity index (χ1n) is 11.3. The molecule has 0 fully saturated rings. The van der Waals surface area contributed by atoms with E-state index in [4.69, 9.17) is 37.4 Å². The SMILES string of the molecule is COc1ccc(/C=N\NC(=O)[C@H](Cc2ccccc2)NC(=O)[C@@H](C)Oc2ccc(Cl)cc2Cl)cc1OC. The van der Waals surface area contributed by atoms with E-state index >= 15 is 0 Å². The highest BCUT2D eigenvalue weighted by Gasteiger charge is 2.25. The fourth-order valence-electron chi connectivity index (χ4n) is 3.34. The molecule has 0 aliphatic heterocycles. The highest BCUT2D eigenvalue weighted by molar-refractivity contribution is 6.35. The highest BCUT2D eigenvalue weighted by atomic mass is 35.5. The van der Waals surface area contributed by atoms with Crippen molar-refractivity contribution < 1.29 is 23.8 Å². The van der Waals surface area contributed by atoms with Crippen LogP contribution in [0.3, 0.4) is 0 Å². The third kappa shape index (κ3) is 8.13. The lowest BCUT2D eigenvalue weighted by Crippen LogP contribution is -2.50. The van der Waals surface area contributed by atoms with Crippen molar-refractivity contribution in [1.82, 2.24) is 10.7 Å². The van der Waals surface area contributed by atoms with Gasteiger partial charge in [-0.25, -0.2) is 5.43 Å². The van der Waals surface area contributed by atoms with Crippen LogP contribution in [0.25, 0.3) is 0 Å². The number of hydrogen-bond acceptors (Lipinski definition) is 6. The number of nitrogens with zero attached hydrogens (tertiary/aromatic N) is 1. The Morgan fingerprint density at radius 3 is 2.30 bits per heavy atom. The van der Waals surface area contributed by atoms with Crippen molar-refractivity contribution in [2.45, 2.75) is 25.5 Å². The van der Waals surface area contributed by atoms with Gasteiger partial charge in [-0.3, -0.25) is 9.59 Å². The molecule has 10 heteroatoms. The molecule has 37 heavy (non-hydrogen) atoms. The van der Waals surface area contributed by atoms with Gasteiger partial charge in [-0.15, -0.1) is 0 Å². The number of hydrogen-bond donors (Lipinski definition) is 2. The van der Waals surface area contributed by atoms with Crippen molar-refractivity contribution in [3.05, 3.63) is 87.9 Å². The molecule has 2 N–H and O–H groups in total. The standard InChI is InChI=1S/C27H27Cl2N3O5/c1-17(37-23-12-10-20(28)15-21(23)29)26(33)31-22(13-18-7-5-4-6-8-18)27(34)32-30-16-19-9-11-24(35-2)25(14-19)36-3/h4-12,14-17,22H,13H2,1-3H3,(H,31,33)(H,32,34)/b30-16-/t17-,22+/m1/s1. The van der Waals surface area contributed by atoms with E-state index in [0.29, 0.717) is 27.8 Å². The zero-order valence-corrected chi connectivity index (χ0v) is 22.0. The van der Waals surface area contributed by atoms with E-state index in [0.717, 1.165) is 5.56 Å². The summed E-state index contributed by atoms with van der Waals surface area (Å²) in [4.78, 5) is 25.9. The number of halogens is 2. The van der Waals surface area contributed by atoms with Gasteiger partial charge in [-0.2, -0.15) is 5.10 Å². The van der Waals surface area contributed by atoms with Crippen molar-refractivity contribution in [3.63, 3.8) is 0 Å². The lowest BCUT2D eigenvalue weighted by Gasteiger charge is -2.21. The Kier molecular flexibility index (Phi) is 10.2. The second-order valence-electron chi connectivity index (χ2n) is 7.93. The molecule has 0 radical (unpaired) electrons. The minimum Gasteiger partial charge on any atom is -0.493 e. The quantitative estimate of drug-likeness (QED) is 0.271. The molecule has 0 bridgehead atoms. The molecular formula is C27H27Cl2N3O5. The maximum atomic E-state index is 13.0. The maximum Gasteiger partial charge on any atom is 0.262 e. The molecule has 8 nitrogen and oxygen atoms in total. The lowest BCUT2D eigenvalue weighted by atomic mass is 10.1. The summed E-state index contributed by atoms with van der Waals surface area (Å²) in [5.74, 6) is 0.418. The Morgan fingerprint density at radius 2 is 1.62 bits per heavy atom. The minimum atomic E-state index is -0.931. The first-order valence-corrected chi connectivity index (χ1v) is 12.1. The Hall–Kier alpha value is -3.75. The Morgan fingerprint density at radius 1 is 0.919 bits per heavy atom. The number of methoxy groups -OCH3 is 2. The zero-order chi connectivity index (χ0) is 26.8. The normalized spacial score (nSPS) is 12.5. The van der Waals surface area contributed by atoms with Crippen LogP contribution in [0.1, 0.15) is 18.1 Å². The topological polar surface area (TPSA) is 98.2 Å². The van der Waals surface area contributed by atoms with Crippen LogP contribution in [0, 0.1) is 0 Å². The average Bonchev–Trinajstić information content (AvgIpc) is 2.90. The predicted octanol–water partition coefficient (Wildman–Crippen LogP) is 4.66. The lowest BCUT2D eigenvalue weighted by molar-refractivity contribution is -0.132. The largest absolute Gasteiger partial charge is 0.493 e. The van der Waals surface area contributed by atoms with Gasteiger partial charge in [0.2, 0.25) is 0 Å². The molecule has 194 valence electrons. The van der Waals surface area contributed by atoms with E-state index in [2.05, 4.69) is 15.8 Å². The molecule has 0 heterocycles.